The van der Waals surface area contributed by atoms with E-state index in [9.17, 15) is 13.2 Å². The fourth-order valence-electron chi connectivity index (χ4n) is 1.73. The fourth-order valence-corrected chi connectivity index (χ4v) is 1.73. The molecule has 0 fully saturated rings. The first-order valence-corrected chi connectivity index (χ1v) is 6.34. The second kappa shape index (κ2) is 6.70. The van der Waals surface area contributed by atoms with Crippen molar-refractivity contribution in [2.24, 2.45) is 10.7 Å². The summed E-state index contributed by atoms with van der Waals surface area (Å²) in [5.74, 6) is 0. The minimum absolute atomic E-state index is 0.353. The van der Waals surface area contributed by atoms with Crippen molar-refractivity contribution in [1.82, 2.24) is 0 Å². The summed E-state index contributed by atoms with van der Waals surface area (Å²) in [4.78, 5) is 4.29. The normalized spacial score (nSPS) is 14.5. The Kier molecular flexibility index (Phi) is 5.54. The van der Waals surface area contributed by atoms with Gasteiger partial charge in [0.2, 0.25) is 0 Å². The van der Waals surface area contributed by atoms with Crippen molar-refractivity contribution in [3.8, 4) is 0 Å². The lowest BCUT2D eigenvalue weighted by Crippen LogP contribution is -2.16. The van der Waals surface area contributed by atoms with E-state index in [1.807, 2.05) is 0 Å². The number of unbranched alkanes of at least 4 members (excludes halogenated alkanes) is 1. The number of rotatable bonds is 5. The van der Waals surface area contributed by atoms with Gasteiger partial charge in [-0.3, -0.25) is 4.99 Å². The van der Waals surface area contributed by atoms with Crippen molar-refractivity contribution in [1.29, 1.82) is 0 Å². The van der Waals surface area contributed by atoms with Gasteiger partial charge in [0.25, 0.3) is 0 Å². The van der Waals surface area contributed by atoms with Gasteiger partial charge < -0.3 is 5.73 Å². The molecule has 1 atom stereocenters. The molecule has 0 aliphatic heterocycles. The van der Waals surface area contributed by atoms with Gasteiger partial charge in [-0.2, -0.15) is 13.2 Å². The van der Waals surface area contributed by atoms with Gasteiger partial charge >= 0.3 is 6.18 Å². The molecule has 0 saturated carbocycles. The number of halogens is 3. The number of benzene rings is 1. The molecule has 5 heteroatoms. The van der Waals surface area contributed by atoms with E-state index >= 15 is 0 Å². The summed E-state index contributed by atoms with van der Waals surface area (Å²) < 4.78 is 37.4. The van der Waals surface area contributed by atoms with Crippen LogP contribution in [0, 0.1) is 0 Å². The Bertz CT molecular complexity index is 419. The fraction of sp³-hybridized carbons (Fsp3) is 0.500. The highest BCUT2D eigenvalue weighted by Gasteiger charge is 2.30. The van der Waals surface area contributed by atoms with Gasteiger partial charge in [0.1, 0.15) is 0 Å². The van der Waals surface area contributed by atoms with Crippen molar-refractivity contribution in [2.75, 3.05) is 0 Å². The molecule has 0 heterocycles. The summed E-state index contributed by atoms with van der Waals surface area (Å²) in [7, 11) is 0. The van der Waals surface area contributed by atoms with Crippen LogP contribution in [0.4, 0.5) is 13.2 Å². The molecule has 0 spiro atoms. The average Bonchev–Trinajstić information content (AvgIpc) is 2.33. The molecule has 0 amide bonds. The van der Waals surface area contributed by atoms with E-state index in [1.165, 1.54) is 12.1 Å². The van der Waals surface area contributed by atoms with Crippen LogP contribution < -0.4 is 5.73 Å². The van der Waals surface area contributed by atoms with Gasteiger partial charge in [0.05, 0.1) is 11.7 Å². The molecule has 1 aromatic rings. The van der Waals surface area contributed by atoms with Crippen LogP contribution in [0.25, 0.3) is 0 Å². The highest BCUT2D eigenvalue weighted by molar-refractivity contribution is 6.00. The average molecular weight is 272 g/mol. The summed E-state index contributed by atoms with van der Waals surface area (Å²) in [6.45, 7) is 3.80. The Hall–Kier alpha value is -1.36. The first-order chi connectivity index (χ1) is 8.84. The number of aliphatic imine (C=N–C) groups is 1. The predicted octanol–water partition coefficient (Wildman–Crippen LogP) is 3.99. The zero-order valence-electron chi connectivity index (χ0n) is 11.2. The number of nitrogens with two attached hydrogens (primary N) is 1. The van der Waals surface area contributed by atoms with Crippen molar-refractivity contribution < 1.29 is 13.2 Å². The first kappa shape index (κ1) is 15.7. The van der Waals surface area contributed by atoms with Gasteiger partial charge in [-0.25, -0.2) is 0 Å². The van der Waals surface area contributed by atoms with E-state index < -0.39 is 11.7 Å². The molecule has 2 N–H and O–H groups in total. The van der Waals surface area contributed by atoms with Crippen LogP contribution in [0.2, 0.25) is 0 Å². The maximum absolute atomic E-state index is 12.5. The summed E-state index contributed by atoms with van der Waals surface area (Å²) in [6, 6.07) is 5.08. The topological polar surface area (TPSA) is 38.4 Å². The van der Waals surface area contributed by atoms with Gasteiger partial charge in [0, 0.05) is 5.71 Å². The predicted molar refractivity (Wildman–Crippen MR) is 71.2 cm³/mol. The lowest BCUT2D eigenvalue weighted by Gasteiger charge is -2.11. The number of hydrogen-bond donors (Lipinski definition) is 1. The van der Waals surface area contributed by atoms with E-state index in [-0.39, 0.29) is 6.17 Å². The zero-order chi connectivity index (χ0) is 14.5. The van der Waals surface area contributed by atoms with Crippen molar-refractivity contribution in [2.45, 2.75) is 45.5 Å². The molecule has 106 valence electrons. The Morgan fingerprint density at radius 2 is 1.84 bits per heavy atom. The zero-order valence-corrected chi connectivity index (χ0v) is 11.2. The second-order valence-corrected chi connectivity index (χ2v) is 4.50. The quantitative estimate of drug-likeness (QED) is 0.809. The first-order valence-electron chi connectivity index (χ1n) is 6.34. The monoisotopic (exact) mass is 272 g/mol. The van der Waals surface area contributed by atoms with Crippen molar-refractivity contribution >= 4 is 5.71 Å². The van der Waals surface area contributed by atoms with E-state index in [0.29, 0.717) is 5.56 Å². The van der Waals surface area contributed by atoms with Gasteiger partial charge in [-0.1, -0.05) is 25.5 Å². The highest BCUT2D eigenvalue weighted by Crippen LogP contribution is 2.29. The molecule has 0 saturated heterocycles. The third kappa shape index (κ3) is 5.03. The molecule has 1 unspecified atom stereocenters. The molecule has 0 aliphatic rings. The molecular formula is C14H19F3N2. The van der Waals surface area contributed by atoms with E-state index in [1.54, 1.807) is 6.92 Å². The molecule has 0 aromatic heterocycles. The van der Waals surface area contributed by atoms with E-state index in [4.69, 9.17) is 5.73 Å². The van der Waals surface area contributed by atoms with Crippen LogP contribution in [-0.2, 0) is 6.18 Å². The Morgan fingerprint density at radius 3 is 2.26 bits per heavy atom. The smallest absolute Gasteiger partial charge is 0.310 e. The minimum atomic E-state index is -4.31. The van der Waals surface area contributed by atoms with Gasteiger partial charge in [-0.05, 0) is 37.5 Å². The molecule has 1 rings (SSSR count). The van der Waals surface area contributed by atoms with Crippen LogP contribution >= 0.6 is 0 Å². The largest absolute Gasteiger partial charge is 0.416 e. The number of hydrogen-bond acceptors (Lipinski definition) is 2. The van der Waals surface area contributed by atoms with E-state index in [2.05, 4.69) is 11.9 Å². The Morgan fingerprint density at radius 1 is 1.26 bits per heavy atom. The van der Waals surface area contributed by atoms with Crippen molar-refractivity contribution in [3.63, 3.8) is 0 Å². The standard InChI is InChI=1S/C14H19F3N2/c1-3-4-5-13(19-10(2)18)11-6-8-12(9-7-11)14(15,16)17/h6-10H,3-5,18H2,1-2H3. The van der Waals surface area contributed by atoms with Crippen LogP contribution in [-0.4, -0.2) is 11.9 Å². The highest BCUT2D eigenvalue weighted by atomic mass is 19.4. The number of nitrogens with zero attached hydrogens (tertiary/aromatic N) is 1. The third-order valence-corrected chi connectivity index (χ3v) is 2.67. The second-order valence-electron chi connectivity index (χ2n) is 4.50. The summed E-state index contributed by atoms with van der Waals surface area (Å²) in [5.41, 5.74) is 6.46. The molecular weight excluding hydrogens is 253 g/mol. The molecule has 19 heavy (non-hydrogen) atoms. The SMILES string of the molecule is CCCCC(=NC(C)N)c1ccc(C(F)(F)F)cc1. The van der Waals surface area contributed by atoms with Crippen molar-refractivity contribution in [3.05, 3.63) is 35.4 Å². The summed E-state index contributed by atoms with van der Waals surface area (Å²) >= 11 is 0. The summed E-state index contributed by atoms with van der Waals surface area (Å²) in [6.07, 6.45) is -2.00. The molecule has 1 aromatic carbocycles. The van der Waals surface area contributed by atoms with Crippen LogP contribution in [0.1, 0.15) is 44.2 Å². The van der Waals surface area contributed by atoms with E-state index in [0.717, 1.165) is 37.1 Å². The third-order valence-electron chi connectivity index (χ3n) is 2.67. The maximum Gasteiger partial charge on any atom is 0.416 e. The summed E-state index contributed by atoms with van der Waals surface area (Å²) in [5, 5.41) is 0. The maximum atomic E-state index is 12.5. The lowest BCUT2D eigenvalue weighted by atomic mass is 10.0. The Labute approximate surface area is 111 Å². The van der Waals surface area contributed by atoms with Crippen LogP contribution in [0.15, 0.2) is 29.3 Å². The van der Waals surface area contributed by atoms with Crippen LogP contribution in [0.3, 0.4) is 0 Å². The molecule has 2 nitrogen and oxygen atoms in total. The molecule has 0 aliphatic carbocycles. The molecule has 0 radical (unpaired) electrons. The number of alkyl halides is 3. The van der Waals surface area contributed by atoms with Gasteiger partial charge in [-0.15, -0.1) is 0 Å². The Balaban J connectivity index is 2.97. The van der Waals surface area contributed by atoms with Crippen LogP contribution in [0.5, 0.6) is 0 Å². The minimum Gasteiger partial charge on any atom is -0.310 e. The van der Waals surface area contributed by atoms with Gasteiger partial charge in [0.15, 0.2) is 0 Å². The lowest BCUT2D eigenvalue weighted by molar-refractivity contribution is -0.137. The molecule has 0 bridgehead atoms.